The lowest BCUT2D eigenvalue weighted by Crippen LogP contribution is -2.39. The molecule has 1 aromatic rings. The SMILES string of the molecule is CCC1CCCCC1NCCSc1ccccc1. The molecule has 2 heteroatoms. The molecule has 2 unspecified atom stereocenters. The minimum absolute atomic E-state index is 0.778. The molecule has 2 atom stereocenters. The molecule has 0 bridgehead atoms. The van der Waals surface area contributed by atoms with E-state index in [0.29, 0.717) is 0 Å². The van der Waals surface area contributed by atoms with Crippen molar-refractivity contribution in [3.63, 3.8) is 0 Å². The Morgan fingerprint density at radius 2 is 1.94 bits per heavy atom. The lowest BCUT2D eigenvalue weighted by atomic mass is 9.83. The van der Waals surface area contributed by atoms with E-state index in [1.165, 1.54) is 42.8 Å². The van der Waals surface area contributed by atoms with Crippen molar-refractivity contribution >= 4 is 11.8 Å². The molecule has 0 heterocycles. The van der Waals surface area contributed by atoms with E-state index in [4.69, 9.17) is 0 Å². The molecule has 1 aliphatic rings. The van der Waals surface area contributed by atoms with E-state index in [1.54, 1.807) is 0 Å². The average molecular weight is 263 g/mol. The summed E-state index contributed by atoms with van der Waals surface area (Å²) in [7, 11) is 0. The highest BCUT2D eigenvalue weighted by Crippen LogP contribution is 2.26. The van der Waals surface area contributed by atoms with Gasteiger partial charge >= 0.3 is 0 Å². The van der Waals surface area contributed by atoms with Crippen LogP contribution in [0.4, 0.5) is 0 Å². The van der Waals surface area contributed by atoms with Crippen molar-refractivity contribution in [3.8, 4) is 0 Å². The first-order chi connectivity index (χ1) is 8.90. The molecule has 0 aliphatic heterocycles. The summed E-state index contributed by atoms with van der Waals surface area (Å²) in [6.07, 6.45) is 7.01. The summed E-state index contributed by atoms with van der Waals surface area (Å²) in [5, 5.41) is 3.77. The van der Waals surface area contributed by atoms with E-state index >= 15 is 0 Å². The van der Waals surface area contributed by atoms with Crippen molar-refractivity contribution < 1.29 is 0 Å². The highest BCUT2D eigenvalue weighted by atomic mass is 32.2. The minimum Gasteiger partial charge on any atom is -0.313 e. The van der Waals surface area contributed by atoms with Gasteiger partial charge < -0.3 is 5.32 Å². The zero-order chi connectivity index (χ0) is 12.6. The van der Waals surface area contributed by atoms with Gasteiger partial charge in [-0.1, -0.05) is 44.4 Å². The van der Waals surface area contributed by atoms with E-state index in [9.17, 15) is 0 Å². The Balaban J connectivity index is 1.65. The Labute approximate surface area is 116 Å². The molecule has 1 nitrogen and oxygen atoms in total. The van der Waals surface area contributed by atoms with Gasteiger partial charge in [-0.2, -0.15) is 0 Å². The molecule has 2 rings (SSSR count). The molecule has 0 aromatic heterocycles. The number of thioether (sulfide) groups is 1. The van der Waals surface area contributed by atoms with Gasteiger partial charge in [0, 0.05) is 23.2 Å². The fraction of sp³-hybridized carbons (Fsp3) is 0.625. The van der Waals surface area contributed by atoms with Crippen molar-refractivity contribution in [1.29, 1.82) is 0 Å². The number of hydrogen-bond donors (Lipinski definition) is 1. The molecule has 0 radical (unpaired) electrons. The van der Waals surface area contributed by atoms with E-state index in [2.05, 4.69) is 42.6 Å². The third-order valence-electron chi connectivity index (χ3n) is 3.95. The van der Waals surface area contributed by atoms with Gasteiger partial charge in [-0.3, -0.25) is 0 Å². The number of hydrogen-bond acceptors (Lipinski definition) is 2. The first-order valence-corrected chi connectivity index (χ1v) is 8.30. The molecular formula is C16H25NS. The maximum Gasteiger partial charge on any atom is 0.0106 e. The van der Waals surface area contributed by atoms with E-state index in [-0.39, 0.29) is 0 Å². The van der Waals surface area contributed by atoms with Crippen LogP contribution in [0.3, 0.4) is 0 Å². The quantitative estimate of drug-likeness (QED) is 0.605. The first-order valence-electron chi connectivity index (χ1n) is 7.31. The number of nitrogens with one attached hydrogen (secondary N) is 1. The van der Waals surface area contributed by atoms with E-state index in [0.717, 1.165) is 18.5 Å². The highest BCUT2D eigenvalue weighted by molar-refractivity contribution is 7.99. The fourth-order valence-electron chi connectivity index (χ4n) is 2.89. The van der Waals surface area contributed by atoms with Gasteiger partial charge in [0.2, 0.25) is 0 Å². The van der Waals surface area contributed by atoms with Gasteiger partial charge in [0.25, 0.3) is 0 Å². The molecule has 1 fully saturated rings. The van der Waals surface area contributed by atoms with Crippen LogP contribution in [0, 0.1) is 5.92 Å². The minimum atomic E-state index is 0.778. The standard InChI is InChI=1S/C16H25NS/c1-2-14-8-6-7-11-16(14)17-12-13-18-15-9-4-3-5-10-15/h3-5,9-10,14,16-17H,2,6-8,11-13H2,1H3. The van der Waals surface area contributed by atoms with Crippen molar-refractivity contribution in [1.82, 2.24) is 5.32 Å². The highest BCUT2D eigenvalue weighted by Gasteiger charge is 2.22. The summed E-state index contributed by atoms with van der Waals surface area (Å²) in [6, 6.07) is 11.5. The molecule has 1 aliphatic carbocycles. The Bertz CT molecular complexity index is 325. The predicted octanol–water partition coefficient (Wildman–Crippen LogP) is 4.34. The summed E-state index contributed by atoms with van der Waals surface area (Å²) in [5.74, 6) is 2.09. The molecule has 0 spiro atoms. The second-order valence-electron chi connectivity index (χ2n) is 5.17. The smallest absolute Gasteiger partial charge is 0.0106 e. The van der Waals surface area contributed by atoms with Crippen LogP contribution >= 0.6 is 11.8 Å². The zero-order valence-corrected chi connectivity index (χ0v) is 12.2. The summed E-state index contributed by atoms with van der Waals surface area (Å²) in [5.41, 5.74) is 0. The van der Waals surface area contributed by atoms with Crippen LogP contribution in [0.2, 0.25) is 0 Å². The summed E-state index contributed by atoms with van der Waals surface area (Å²) in [6.45, 7) is 3.48. The van der Waals surface area contributed by atoms with Crippen LogP contribution in [0.5, 0.6) is 0 Å². The molecule has 0 saturated heterocycles. The Morgan fingerprint density at radius 1 is 1.17 bits per heavy atom. The van der Waals surface area contributed by atoms with Crippen LogP contribution < -0.4 is 5.32 Å². The van der Waals surface area contributed by atoms with E-state index in [1.807, 2.05) is 11.8 Å². The van der Waals surface area contributed by atoms with E-state index < -0.39 is 0 Å². The fourth-order valence-corrected chi connectivity index (χ4v) is 3.70. The topological polar surface area (TPSA) is 12.0 Å². The van der Waals surface area contributed by atoms with Crippen LogP contribution in [-0.4, -0.2) is 18.3 Å². The molecule has 1 saturated carbocycles. The normalized spacial score (nSPS) is 24.1. The van der Waals surface area contributed by atoms with Crippen molar-refractivity contribution in [2.24, 2.45) is 5.92 Å². The first kappa shape index (κ1) is 14.0. The Morgan fingerprint density at radius 3 is 2.72 bits per heavy atom. The largest absolute Gasteiger partial charge is 0.313 e. The number of rotatable bonds is 6. The third kappa shape index (κ3) is 4.33. The predicted molar refractivity (Wildman–Crippen MR) is 81.2 cm³/mol. The van der Waals surface area contributed by atoms with Crippen LogP contribution in [0.15, 0.2) is 35.2 Å². The van der Waals surface area contributed by atoms with Gasteiger partial charge in [-0.15, -0.1) is 11.8 Å². The van der Waals surface area contributed by atoms with Gasteiger partial charge in [0.15, 0.2) is 0 Å². The lowest BCUT2D eigenvalue weighted by Gasteiger charge is -2.31. The monoisotopic (exact) mass is 263 g/mol. The van der Waals surface area contributed by atoms with Crippen molar-refractivity contribution in [2.45, 2.75) is 50.0 Å². The molecule has 1 N–H and O–H groups in total. The summed E-state index contributed by atoms with van der Waals surface area (Å²) < 4.78 is 0. The van der Waals surface area contributed by atoms with Crippen molar-refractivity contribution in [2.75, 3.05) is 12.3 Å². The van der Waals surface area contributed by atoms with Crippen LogP contribution in [0.1, 0.15) is 39.0 Å². The zero-order valence-electron chi connectivity index (χ0n) is 11.4. The Hall–Kier alpha value is -0.470. The van der Waals surface area contributed by atoms with Crippen LogP contribution in [0.25, 0.3) is 0 Å². The van der Waals surface area contributed by atoms with Crippen LogP contribution in [-0.2, 0) is 0 Å². The summed E-state index contributed by atoms with van der Waals surface area (Å²) in [4.78, 5) is 1.38. The Kier molecular flexibility index (Phi) is 6.09. The average Bonchev–Trinajstić information content (AvgIpc) is 2.45. The second-order valence-corrected chi connectivity index (χ2v) is 6.34. The number of benzene rings is 1. The molecule has 0 amide bonds. The van der Waals surface area contributed by atoms with Gasteiger partial charge in [-0.25, -0.2) is 0 Å². The van der Waals surface area contributed by atoms with Gasteiger partial charge in [0.05, 0.1) is 0 Å². The molecule has 100 valence electrons. The maximum atomic E-state index is 3.77. The summed E-state index contributed by atoms with van der Waals surface area (Å²) >= 11 is 1.96. The van der Waals surface area contributed by atoms with Crippen molar-refractivity contribution in [3.05, 3.63) is 30.3 Å². The molecule has 1 aromatic carbocycles. The van der Waals surface area contributed by atoms with Gasteiger partial charge in [-0.05, 0) is 30.9 Å². The van der Waals surface area contributed by atoms with Gasteiger partial charge in [0.1, 0.15) is 0 Å². The molecular weight excluding hydrogens is 238 g/mol. The molecule has 18 heavy (non-hydrogen) atoms. The second kappa shape index (κ2) is 7.85. The maximum absolute atomic E-state index is 3.77. The third-order valence-corrected chi connectivity index (χ3v) is 4.97. The lowest BCUT2D eigenvalue weighted by molar-refractivity contribution is 0.260.